The molecule has 3 aromatic rings. The summed E-state index contributed by atoms with van der Waals surface area (Å²) in [5.74, 6) is -0.817. The van der Waals surface area contributed by atoms with E-state index in [2.05, 4.69) is 0 Å². The van der Waals surface area contributed by atoms with Gasteiger partial charge in [0.15, 0.2) is 6.10 Å². The van der Waals surface area contributed by atoms with E-state index in [1.807, 2.05) is 25.1 Å². The maximum Gasteiger partial charge on any atom is 0.339 e. The summed E-state index contributed by atoms with van der Waals surface area (Å²) >= 11 is 5.94. The Labute approximate surface area is 157 Å². The minimum absolute atomic E-state index is 0.283. The molecule has 3 aromatic carbocycles. The average Bonchev–Trinajstić information content (AvgIpc) is 2.67. The van der Waals surface area contributed by atoms with E-state index in [1.54, 1.807) is 60.7 Å². The number of hydrogen-bond donors (Lipinski definition) is 0. The third-order valence-corrected chi connectivity index (χ3v) is 4.31. The summed E-state index contributed by atoms with van der Waals surface area (Å²) in [4.78, 5) is 25.6. The van der Waals surface area contributed by atoms with E-state index in [9.17, 15) is 9.59 Å². The molecule has 0 aliphatic rings. The monoisotopic (exact) mass is 364 g/mol. The fourth-order valence-corrected chi connectivity index (χ4v) is 2.76. The Balaban J connectivity index is 1.95. The van der Waals surface area contributed by atoms with Gasteiger partial charge in [0.1, 0.15) is 0 Å². The molecular weight excluding hydrogens is 348 g/mol. The average molecular weight is 365 g/mol. The van der Waals surface area contributed by atoms with Crippen molar-refractivity contribution in [3.05, 3.63) is 106 Å². The van der Waals surface area contributed by atoms with E-state index in [-0.39, 0.29) is 5.78 Å². The summed E-state index contributed by atoms with van der Waals surface area (Å²) in [6.45, 7) is 1.83. The van der Waals surface area contributed by atoms with Crippen molar-refractivity contribution in [1.82, 2.24) is 0 Å². The molecule has 0 radical (unpaired) electrons. The lowest BCUT2D eigenvalue weighted by molar-refractivity contribution is 0.0279. The summed E-state index contributed by atoms with van der Waals surface area (Å²) in [6, 6.07) is 22.6. The molecule has 0 unspecified atom stereocenters. The fourth-order valence-electron chi connectivity index (χ4n) is 2.64. The van der Waals surface area contributed by atoms with Crippen LogP contribution in [-0.4, -0.2) is 11.8 Å². The number of hydrogen-bond acceptors (Lipinski definition) is 3. The first kappa shape index (κ1) is 17.9. The van der Waals surface area contributed by atoms with Gasteiger partial charge in [0.05, 0.1) is 5.56 Å². The highest BCUT2D eigenvalue weighted by Crippen LogP contribution is 2.26. The lowest BCUT2D eigenvalue weighted by Crippen LogP contribution is -2.20. The Hall–Kier alpha value is -2.91. The number of ether oxygens (including phenoxy) is 1. The van der Waals surface area contributed by atoms with Crippen molar-refractivity contribution in [1.29, 1.82) is 0 Å². The molecule has 0 saturated heterocycles. The summed E-state index contributed by atoms with van der Waals surface area (Å²) in [7, 11) is 0. The zero-order chi connectivity index (χ0) is 18.5. The molecule has 0 aliphatic heterocycles. The van der Waals surface area contributed by atoms with E-state index < -0.39 is 12.1 Å². The highest BCUT2D eigenvalue weighted by Gasteiger charge is 2.27. The number of rotatable bonds is 5. The topological polar surface area (TPSA) is 43.4 Å². The van der Waals surface area contributed by atoms with Crippen LogP contribution < -0.4 is 0 Å². The van der Waals surface area contributed by atoms with E-state index in [0.29, 0.717) is 21.7 Å². The second kappa shape index (κ2) is 7.98. The van der Waals surface area contributed by atoms with E-state index in [4.69, 9.17) is 16.3 Å². The number of carbonyl (C=O) groups excluding carboxylic acids is 2. The van der Waals surface area contributed by atoms with Crippen LogP contribution in [0.25, 0.3) is 0 Å². The maximum atomic E-state index is 13.0. The number of esters is 1. The molecule has 3 nitrogen and oxygen atoms in total. The molecule has 0 aromatic heterocycles. The molecule has 0 aliphatic carbocycles. The van der Waals surface area contributed by atoms with E-state index in [0.717, 1.165) is 5.56 Å². The number of Topliss-reactive ketones (excluding diaryl/α,β-unsaturated/α-hetero) is 1. The van der Waals surface area contributed by atoms with Crippen molar-refractivity contribution in [2.45, 2.75) is 13.0 Å². The Morgan fingerprint density at radius 1 is 0.846 bits per heavy atom. The van der Waals surface area contributed by atoms with Crippen molar-refractivity contribution in [2.75, 3.05) is 0 Å². The first-order chi connectivity index (χ1) is 12.6. The van der Waals surface area contributed by atoms with Crippen LogP contribution in [0, 0.1) is 6.92 Å². The third kappa shape index (κ3) is 4.01. The number of aryl methyl sites for hydroxylation is 1. The lowest BCUT2D eigenvalue weighted by atomic mass is 9.99. The first-order valence-corrected chi connectivity index (χ1v) is 8.55. The van der Waals surface area contributed by atoms with Gasteiger partial charge < -0.3 is 4.74 Å². The summed E-state index contributed by atoms with van der Waals surface area (Å²) in [5.41, 5.74) is 2.28. The number of carbonyl (C=O) groups is 2. The molecule has 0 bridgehead atoms. The molecule has 0 spiro atoms. The number of benzene rings is 3. The predicted octanol–water partition coefficient (Wildman–Crippen LogP) is 5.43. The quantitative estimate of drug-likeness (QED) is 0.448. The third-order valence-electron chi connectivity index (χ3n) is 4.06. The zero-order valence-electron chi connectivity index (χ0n) is 14.2. The van der Waals surface area contributed by atoms with Crippen LogP contribution in [-0.2, 0) is 4.74 Å². The molecule has 0 saturated carbocycles. The zero-order valence-corrected chi connectivity index (χ0v) is 14.9. The summed E-state index contributed by atoms with van der Waals surface area (Å²) in [5, 5.41) is 0.546. The van der Waals surface area contributed by atoms with Crippen molar-refractivity contribution in [3.8, 4) is 0 Å². The van der Waals surface area contributed by atoms with Crippen molar-refractivity contribution < 1.29 is 14.3 Å². The number of halogens is 1. The van der Waals surface area contributed by atoms with Gasteiger partial charge in [0.25, 0.3) is 0 Å². The Morgan fingerprint density at radius 2 is 1.46 bits per heavy atom. The fraction of sp³-hybridized carbons (Fsp3) is 0.0909. The van der Waals surface area contributed by atoms with Crippen LogP contribution in [0.15, 0.2) is 78.9 Å². The maximum absolute atomic E-state index is 13.0. The van der Waals surface area contributed by atoms with Gasteiger partial charge in [-0.3, -0.25) is 4.79 Å². The molecule has 0 amide bonds. The second-order valence-electron chi connectivity index (χ2n) is 5.88. The van der Waals surface area contributed by atoms with Crippen LogP contribution >= 0.6 is 11.6 Å². The minimum Gasteiger partial charge on any atom is -0.445 e. The molecule has 1 atom stereocenters. The van der Waals surface area contributed by atoms with Crippen molar-refractivity contribution in [3.63, 3.8) is 0 Å². The molecule has 0 heterocycles. The molecule has 3 rings (SSSR count). The minimum atomic E-state index is -1.04. The Bertz CT molecular complexity index is 918. The van der Waals surface area contributed by atoms with Crippen LogP contribution in [0.4, 0.5) is 0 Å². The molecule has 130 valence electrons. The summed E-state index contributed by atoms with van der Waals surface area (Å²) < 4.78 is 5.63. The molecule has 0 N–H and O–H groups in total. The van der Waals surface area contributed by atoms with Crippen LogP contribution in [0.1, 0.15) is 37.9 Å². The van der Waals surface area contributed by atoms with Crippen molar-refractivity contribution in [2.24, 2.45) is 0 Å². The SMILES string of the molecule is Cc1ccccc1C(=O)O[C@H](C(=O)c1ccccc1)c1ccc(Cl)cc1. The highest BCUT2D eigenvalue weighted by molar-refractivity contribution is 6.30. The second-order valence-corrected chi connectivity index (χ2v) is 6.32. The largest absolute Gasteiger partial charge is 0.445 e. The first-order valence-electron chi connectivity index (χ1n) is 8.17. The van der Waals surface area contributed by atoms with Gasteiger partial charge in [-0.05, 0) is 30.7 Å². The Morgan fingerprint density at radius 3 is 2.12 bits per heavy atom. The van der Waals surface area contributed by atoms with Crippen LogP contribution in [0.3, 0.4) is 0 Å². The van der Waals surface area contributed by atoms with Crippen LogP contribution in [0.2, 0.25) is 5.02 Å². The smallest absolute Gasteiger partial charge is 0.339 e. The molecule has 0 fully saturated rings. The summed E-state index contributed by atoms with van der Waals surface area (Å²) in [6.07, 6.45) is -1.04. The molecule has 4 heteroatoms. The predicted molar refractivity (Wildman–Crippen MR) is 102 cm³/mol. The highest BCUT2D eigenvalue weighted by atomic mass is 35.5. The van der Waals surface area contributed by atoms with Gasteiger partial charge in [-0.1, -0.05) is 72.3 Å². The van der Waals surface area contributed by atoms with E-state index >= 15 is 0 Å². The van der Waals surface area contributed by atoms with Gasteiger partial charge in [0.2, 0.25) is 5.78 Å². The van der Waals surface area contributed by atoms with Gasteiger partial charge in [-0.25, -0.2) is 4.79 Å². The standard InChI is InChI=1S/C22H17ClO3/c1-15-7-5-6-10-19(15)22(25)26-21(17-11-13-18(23)14-12-17)20(24)16-8-3-2-4-9-16/h2-14,21H,1H3/t21-/m0/s1. The Kier molecular flexibility index (Phi) is 5.49. The van der Waals surface area contributed by atoms with Crippen LogP contribution in [0.5, 0.6) is 0 Å². The van der Waals surface area contributed by atoms with Gasteiger partial charge >= 0.3 is 5.97 Å². The molecule has 26 heavy (non-hydrogen) atoms. The van der Waals surface area contributed by atoms with Crippen molar-refractivity contribution >= 4 is 23.4 Å². The van der Waals surface area contributed by atoms with E-state index in [1.165, 1.54) is 0 Å². The lowest BCUT2D eigenvalue weighted by Gasteiger charge is -2.18. The van der Waals surface area contributed by atoms with Gasteiger partial charge in [0, 0.05) is 16.1 Å². The normalized spacial score (nSPS) is 11.6. The van der Waals surface area contributed by atoms with Gasteiger partial charge in [-0.15, -0.1) is 0 Å². The number of ketones is 1. The van der Waals surface area contributed by atoms with Gasteiger partial charge in [-0.2, -0.15) is 0 Å². The molecular formula is C22H17ClO3.